The Morgan fingerprint density at radius 3 is 2.61 bits per heavy atom. The number of aromatic nitrogens is 1. The number of benzene rings is 2. The Morgan fingerprint density at radius 1 is 1.06 bits per heavy atom. The third-order valence-electron chi connectivity index (χ3n) is 9.44. The zero-order valence-electron chi connectivity index (χ0n) is 20.8. The van der Waals surface area contributed by atoms with Gasteiger partial charge >= 0.3 is 5.97 Å². The van der Waals surface area contributed by atoms with Gasteiger partial charge in [-0.3, -0.25) is 0 Å². The predicted molar refractivity (Wildman–Crippen MR) is 141 cm³/mol. The first kappa shape index (κ1) is 22.2. The van der Waals surface area contributed by atoms with E-state index in [1.165, 1.54) is 65.6 Å². The maximum Gasteiger partial charge on any atom is 0.335 e. The Kier molecular flexibility index (Phi) is 5.07. The van der Waals surface area contributed by atoms with Crippen LogP contribution in [0.4, 0.5) is 0 Å². The van der Waals surface area contributed by atoms with E-state index in [1.807, 2.05) is 6.07 Å². The van der Waals surface area contributed by atoms with Crippen LogP contribution in [0.3, 0.4) is 0 Å². The molecule has 186 valence electrons. The second-order valence-electron chi connectivity index (χ2n) is 11.3. The highest BCUT2D eigenvalue weighted by molar-refractivity contribution is 5.98. The van der Waals surface area contributed by atoms with Crippen molar-refractivity contribution in [2.24, 2.45) is 5.41 Å². The monoisotopic (exact) mass is 482 g/mol. The minimum atomic E-state index is -0.863. The van der Waals surface area contributed by atoms with Crippen LogP contribution in [0.2, 0.25) is 0 Å². The average Bonchev–Trinajstić information content (AvgIpc) is 3.59. The third kappa shape index (κ3) is 3.21. The number of ether oxygens (including phenoxy) is 1. The standard InChI is InChI=1S/C31H34N2O3/c1-20(32-13-15-36-16-14-32)31-18-26(31)23-9-5-6-10-24(23)29-28(21-7-3-2-4-8-21)25-12-11-22(30(34)35)17-27(25)33(29)19-31/h5-6,9-12,17,21,26H,1-4,7-8,13-16,18-19H2,(H,34,35). The summed E-state index contributed by atoms with van der Waals surface area (Å²) in [5, 5.41) is 11.1. The van der Waals surface area contributed by atoms with Crippen LogP contribution >= 0.6 is 0 Å². The lowest BCUT2D eigenvalue weighted by Gasteiger charge is -2.35. The summed E-state index contributed by atoms with van der Waals surface area (Å²) in [6.45, 7) is 8.83. The Labute approximate surface area is 212 Å². The lowest BCUT2D eigenvalue weighted by Crippen LogP contribution is -2.39. The number of carboxylic acids is 1. The average molecular weight is 483 g/mol. The van der Waals surface area contributed by atoms with E-state index in [0.717, 1.165) is 44.8 Å². The first-order valence-electron chi connectivity index (χ1n) is 13.6. The van der Waals surface area contributed by atoms with Gasteiger partial charge in [0.1, 0.15) is 0 Å². The van der Waals surface area contributed by atoms with Crippen molar-refractivity contribution in [2.45, 2.75) is 56.9 Å². The van der Waals surface area contributed by atoms with E-state index in [4.69, 9.17) is 4.74 Å². The van der Waals surface area contributed by atoms with Gasteiger partial charge in [0.25, 0.3) is 0 Å². The maximum absolute atomic E-state index is 12.0. The first-order valence-corrected chi connectivity index (χ1v) is 13.6. The molecule has 2 aliphatic heterocycles. The number of hydrogen-bond acceptors (Lipinski definition) is 3. The predicted octanol–water partition coefficient (Wildman–Crippen LogP) is 6.39. The van der Waals surface area contributed by atoms with Crippen molar-refractivity contribution in [3.05, 3.63) is 71.4 Å². The minimum Gasteiger partial charge on any atom is -0.478 e. The highest BCUT2D eigenvalue weighted by Gasteiger charge is 2.60. The molecule has 2 unspecified atom stereocenters. The fraction of sp³-hybridized carbons (Fsp3) is 0.452. The first-order chi connectivity index (χ1) is 17.6. The van der Waals surface area contributed by atoms with Crippen LogP contribution in [0, 0.1) is 5.41 Å². The molecule has 2 atom stereocenters. The summed E-state index contributed by atoms with van der Waals surface area (Å²) in [6, 6.07) is 14.8. The van der Waals surface area contributed by atoms with Gasteiger partial charge in [-0.1, -0.05) is 56.2 Å². The molecule has 3 heterocycles. The Morgan fingerprint density at radius 2 is 1.83 bits per heavy atom. The topological polar surface area (TPSA) is 54.7 Å². The molecule has 36 heavy (non-hydrogen) atoms. The maximum atomic E-state index is 12.0. The van der Waals surface area contributed by atoms with Crippen LogP contribution in [0.15, 0.2) is 54.7 Å². The molecular formula is C31H34N2O3. The van der Waals surface area contributed by atoms with Crippen LogP contribution in [0.25, 0.3) is 22.2 Å². The largest absolute Gasteiger partial charge is 0.478 e. The van der Waals surface area contributed by atoms with Gasteiger partial charge in [-0.25, -0.2) is 4.79 Å². The van der Waals surface area contributed by atoms with Crippen molar-refractivity contribution in [3.63, 3.8) is 0 Å². The summed E-state index contributed by atoms with van der Waals surface area (Å²) in [5.41, 5.74) is 8.18. The van der Waals surface area contributed by atoms with Crippen molar-refractivity contribution in [1.82, 2.24) is 9.47 Å². The van der Waals surface area contributed by atoms with Gasteiger partial charge in [0, 0.05) is 47.2 Å². The van der Waals surface area contributed by atoms with E-state index >= 15 is 0 Å². The van der Waals surface area contributed by atoms with E-state index in [0.29, 0.717) is 17.4 Å². The zero-order valence-corrected chi connectivity index (χ0v) is 20.8. The highest BCUT2D eigenvalue weighted by atomic mass is 16.5. The number of nitrogens with zero attached hydrogens (tertiary/aromatic N) is 2. The number of hydrogen-bond donors (Lipinski definition) is 1. The van der Waals surface area contributed by atoms with Gasteiger partial charge in [0.2, 0.25) is 0 Å². The van der Waals surface area contributed by atoms with E-state index < -0.39 is 5.97 Å². The Hall–Kier alpha value is -3.05. The van der Waals surface area contributed by atoms with Gasteiger partial charge in [0.05, 0.1) is 24.5 Å². The molecule has 2 aromatic carbocycles. The van der Waals surface area contributed by atoms with Crippen molar-refractivity contribution < 1.29 is 14.6 Å². The van der Waals surface area contributed by atoms with E-state index in [2.05, 4.69) is 46.4 Å². The number of aromatic carboxylic acids is 1. The molecule has 4 aliphatic rings. The number of rotatable bonds is 4. The number of allylic oxidation sites excluding steroid dienone is 1. The van der Waals surface area contributed by atoms with Gasteiger partial charge in [-0.2, -0.15) is 0 Å². The molecule has 0 bridgehead atoms. The van der Waals surface area contributed by atoms with Gasteiger partial charge in [0.15, 0.2) is 0 Å². The SMILES string of the molecule is C=C(N1CCOCC1)C12CC1c1ccccc1-c1c(C3CCCCC3)c3ccc(C(=O)O)cc3n1C2. The molecule has 0 spiro atoms. The van der Waals surface area contributed by atoms with E-state index in [-0.39, 0.29) is 5.41 Å². The molecule has 5 heteroatoms. The Balaban J connectivity index is 1.47. The smallest absolute Gasteiger partial charge is 0.335 e. The van der Waals surface area contributed by atoms with E-state index in [9.17, 15) is 9.90 Å². The number of fused-ring (bicyclic) bond motifs is 7. The van der Waals surface area contributed by atoms with Crippen LogP contribution < -0.4 is 0 Å². The number of carbonyl (C=O) groups is 1. The van der Waals surface area contributed by atoms with Gasteiger partial charge in [-0.05, 0) is 54.4 Å². The molecule has 7 rings (SSSR count). The fourth-order valence-corrected chi connectivity index (χ4v) is 7.51. The summed E-state index contributed by atoms with van der Waals surface area (Å²) in [4.78, 5) is 14.4. The molecule has 2 saturated carbocycles. The molecule has 1 aromatic heterocycles. The second kappa shape index (κ2) is 8.24. The van der Waals surface area contributed by atoms with Crippen molar-refractivity contribution >= 4 is 16.9 Å². The van der Waals surface area contributed by atoms with Crippen molar-refractivity contribution in [2.75, 3.05) is 26.3 Å². The number of carboxylic acid groups (broad SMARTS) is 1. The lowest BCUT2D eigenvalue weighted by atomic mass is 9.81. The minimum absolute atomic E-state index is 0.0340. The molecule has 5 nitrogen and oxygen atoms in total. The lowest BCUT2D eigenvalue weighted by molar-refractivity contribution is 0.0465. The molecule has 3 fully saturated rings. The zero-order chi connectivity index (χ0) is 24.4. The molecule has 3 aromatic rings. The highest BCUT2D eigenvalue weighted by Crippen LogP contribution is 2.68. The van der Waals surface area contributed by atoms with Gasteiger partial charge < -0.3 is 19.3 Å². The van der Waals surface area contributed by atoms with Crippen LogP contribution in [-0.4, -0.2) is 46.8 Å². The molecule has 1 saturated heterocycles. The van der Waals surface area contributed by atoms with Crippen LogP contribution in [-0.2, 0) is 11.3 Å². The molecular weight excluding hydrogens is 448 g/mol. The van der Waals surface area contributed by atoms with Crippen molar-refractivity contribution in [3.8, 4) is 11.3 Å². The fourth-order valence-electron chi connectivity index (χ4n) is 7.51. The Bertz CT molecular complexity index is 1380. The number of morpholine rings is 1. The second-order valence-corrected chi connectivity index (χ2v) is 11.3. The summed E-state index contributed by atoms with van der Waals surface area (Å²) < 4.78 is 8.13. The molecule has 0 radical (unpaired) electrons. The van der Waals surface area contributed by atoms with E-state index in [1.54, 1.807) is 6.07 Å². The van der Waals surface area contributed by atoms with Crippen molar-refractivity contribution in [1.29, 1.82) is 0 Å². The van der Waals surface area contributed by atoms with Crippen LogP contribution in [0.5, 0.6) is 0 Å². The molecule has 0 amide bonds. The van der Waals surface area contributed by atoms with Gasteiger partial charge in [-0.15, -0.1) is 0 Å². The molecule has 1 N–H and O–H groups in total. The summed E-state index contributed by atoms with van der Waals surface area (Å²) in [5.74, 6) is 0.104. The normalized spacial score (nSPS) is 25.6. The summed E-state index contributed by atoms with van der Waals surface area (Å²) in [7, 11) is 0. The molecule has 2 aliphatic carbocycles. The summed E-state index contributed by atoms with van der Waals surface area (Å²) in [6.07, 6.45) is 7.37. The third-order valence-corrected chi connectivity index (χ3v) is 9.44. The summed E-state index contributed by atoms with van der Waals surface area (Å²) >= 11 is 0. The quantitative estimate of drug-likeness (QED) is 0.468. The van der Waals surface area contributed by atoms with Crippen LogP contribution in [0.1, 0.15) is 71.8 Å².